The van der Waals surface area contributed by atoms with Gasteiger partial charge < -0.3 is 9.59 Å². The highest BCUT2D eigenvalue weighted by molar-refractivity contribution is 5.51. The first-order chi connectivity index (χ1) is 6.38. The van der Waals surface area contributed by atoms with E-state index in [0.717, 1.165) is 25.4 Å². The van der Waals surface area contributed by atoms with Crippen molar-refractivity contribution < 1.29 is 9.59 Å². The second kappa shape index (κ2) is 5.46. The fraction of sp³-hybridized carbons (Fsp3) is 0.455. The van der Waals surface area contributed by atoms with Crippen molar-refractivity contribution in [2.24, 2.45) is 5.92 Å². The molecule has 0 saturated carbocycles. The van der Waals surface area contributed by atoms with Gasteiger partial charge in [0.1, 0.15) is 12.6 Å². The molecule has 0 heterocycles. The molecule has 0 aromatic rings. The zero-order chi connectivity index (χ0) is 9.52. The summed E-state index contributed by atoms with van der Waals surface area (Å²) in [5.41, 5.74) is 1.29. The maximum atomic E-state index is 10.2. The normalized spacial score (nSPS) is 20.0. The van der Waals surface area contributed by atoms with Crippen LogP contribution in [0.4, 0.5) is 0 Å². The number of carbonyl (C=O) groups is 2. The summed E-state index contributed by atoms with van der Waals surface area (Å²) in [5.74, 6) is 0.394. The Morgan fingerprint density at radius 2 is 2.00 bits per heavy atom. The first kappa shape index (κ1) is 9.90. The quantitative estimate of drug-likeness (QED) is 0.583. The van der Waals surface area contributed by atoms with Crippen LogP contribution in [0.5, 0.6) is 0 Å². The third kappa shape index (κ3) is 2.98. The summed E-state index contributed by atoms with van der Waals surface area (Å²) in [6, 6.07) is 0. The van der Waals surface area contributed by atoms with Gasteiger partial charge in [-0.2, -0.15) is 0 Å². The van der Waals surface area contributed by atoms with Gasteiger partial charge in [-0.3, -0.25) is 0 Å². The van der Waals surface area contributed by atoms with Crippen LogP contribution in [0.15, 0.2) is 23.8 Å². The van der Waals surface area contributed by atoms with Crippen LogP contribution in [-0.2, 0) is 9.59 Å². The Kier molecular flexibility index (Phi) is 4.16. The molecule has 0 radical (unpaired) electrons. The number of allylic oxidation sites excluding steroid dienone is 4. The number of carbonyl (C=O) groups excluding carboxylic acids is 2. The van der Waals surface area contributed by atoms with E-state index in [2.05, 4.69) is 12.2 Å². The lowest BCUT2D eigenvalue weighted by Crippen LogP contribution is -1.99. The van der Waals surface area contributed by atoms with Crippen LogP contribution in [0.25, 0.3) is 0 Å². The SMILES string of the molecule is O=CCCC1=CC=CC1CCC=O. The van der Waals surface area contributed by atoms with E-state index < -0.39 is 0 Å². The van der Waals surface area contributed by atoms with Crippen molar-refractivity contribution in [1.29, 1.82) is 0 Å². The monoisotopic (exact) mass is 178 g/mol. The molecule has 0 fully saturated rings. The van der Waals surface area contributed by atoms with E-state index in [1.165, 1.54) is 5.57 Å². The third-order valence-corrected chi connectivity index (χ3v) is 2.28. The summed E-state index contributed by atoms with van der Waals surface area (Å²) in [5, 5.41) is 0. The van der Waals surface area contributed by atoms with Crippen molar-refractivity contribution in [1.82, 2.24) is 0 Å². The van der Waals surface area contributed by atoms with E-state index in [9.17, 15) is 9.59 Å². The summed E-state index contributed by atoms with van der Waals surface area (Å²) in [7, 11) is 0. The van der Waals surface area contributed by atoms with Gasteiger partial charge in [-0.15, -0.1) is 0 Å². The van der Waals surface area contributed by atoms with Gasteiger partial charge in [0.2, 0.25) is 0 Å². The van der Waals surface area contributed by atoms with E-state index in [0.29, 0.717) is 18.8 Å². The van der Waals surface area contributed by atoms with Gasteiger partial charge >= 0.3 is 0 Å². The Bertz CT molecular complexity index is 238. The number of rotatable bonds is 6. The fourth-order valence-electron chi connectivity index (χ4n) is 1.58. The van der Waals surface area contributed by atoms with E-state index in [-0.39, 0.29) is 0 Å². The molecule has 1 unspecified atom stereocenters. The maximum Gasteiger partial charge on any atom is 0.120 e. The number of hydrogen-bond donors (Lipinski definition) is 0. The molecule has 0 bridgehead atoms. The van der Waals surface area contributed by atoms with Gasteiger partial charge in [-0.1, -0.05) is 23.8 Å². The zero-order valence-corrected chi connectivity index (χ0v) is 7.61. The van der Waals surface area contributed by atoms with E-state index >= 15 is 0 Å². The topological polar surface area (TPSA) is 34.1 Å². The molecule has 0 saturated heterocycles. The van der Waals surface area contributed by atoms with Crippen LogP contribution in [0.2, 0.25) is 0 Å². The Morgan fingerprint density at radius 3 is 2.69 bits per heavy atom. The Morgan fingerprint density at radius 1 is 1.23 bits per heavy atom. The molecular formula is C11H14O2. The summed E-state index contributed by atoms with van der Waals surface area (Å²) in [4.78, 5) is 20.4. The second-order valence-corrected chi connectivity index (χ2v) is 3.18. The highest BCUT2D eigenvalue weighted by Crippen LogP contribution is 2.26. The number of hydrogen-bond acceptors (Lipinski definition) is 2. The second-order valence-electron chi connectivity index (χ2n) is 3.18. The fourth-order valence-corrected chi connectivity index (χ4v) is 1.58. The van der Waals surface area contributed by atoms with Crippen LogP contribution in [0.1, 0.15) is 25.7 Å². The lowest BCUT2D eigenvalue weighted by atomic mass is 9.94. The van der Waals surface area contributed by atoms with Gasteiger partial charge in [0.15, 0.2) is 0 Å². The molecule has 0 N–H and O–H groups in total. The molecule has 1 aliphatic rings. The molecule has 2 heteroatoms. The van der Waals surface area contributed by atoms with Crippen molar-refractivity contribution in [3.8, 4) is 0 Å². The first-order valence-electron chi connectivity index (χ1n) is 4.63. The molecule has 1 rings (SSSR count). The molecule has 1 atom stereocenters. The molecule has 0 spiro atoms. The third-order valence-electron chi connectivity index (χ3n) is 2.28. The van der Waals surface area contributed by atoms with Gasteiger partial charge in [0.25, 0.3) is 0 Å². The van der Waals surface area contributed by atoms with Gasteiger partial charge in [-0.25, -0.2) is 0 Å². The van der Waals surface area contributed by atoms with Crippen molar-refractivity contribution in [2.45, 2.75) is 25.7 Å². The van der Waals surface area contributed by atoms with Crippen LogP contribution >= 0.6 is 0 Å². The van der Waals surface area contributed by atoms with E-state index in [1.54, 1.807) is 0 Å². The summed E-state index contributed by atoms with van der Waals surface area (Å²) >= 11 is 0. The summed E-state index contributed by atoms with van der Waals surface area (Å²) in [6.07, 6.45) is 11.0. The van der Waals surface area contributed by atoms with Gasteiger partial charge in [-0.05, 0) is 18.8 Å². The minimum atomic E-state index is 0.394. The first-order valence-corrected chi connectivity index (χ1v) is 4.63. The van der Waals surface area contributed by atoms with Crippen LogP contribution in [0.3, 0.4) is 0 Å². The largest absolute Gasteiger partial charge is 0.303 e. The summed E-state index contributed by atoms with van der Waals surface area (Å²) in [6.45, 7) is 0. The lowest BCUT2D eigenvalue weighted by molar-refractivity contribution is -0.108. The van der Waals surface area contributed by atoms with Crippen molar-refractivity contribution in [3.05, 3.63) is 23.8 Å². The van der Waals surface area contributed by atoms with Gasteiger partial charge in [0, 0.05) is 12.8 Å². The molecule has 0 aliphatic heterocycles. The molecule has 1 aliphatic carbocycles. The molecule has 0 aromatic heterocycles. The Hall–Kier alpha value is -1.18. The van der Waals surface area contributed by atoms with Gasteiger partial charge in [0.05, 0.1) is 0 Å². The van der Waals surface area contributed by atoms with Crippen LogP contribution in [0, 0.1) is 5.92 Å². The van der Waals surface area contributed by atoms with Crippen LogP contribution < -0.4 is 0 Å². The summed E-state index contributed by atoms with van der Waals surface area (Å²) < 4.78 is 0. The van der Waals surface area contributed by atoms with E-state index in [4.69, 9.17) is 0 Å². The molecule has 13 heavy (non-hydrogen) atoms. The lowest BCUT2D eigenvalue weighted by Gasteiger charge is -2.10. The molecule has 70 valence electrons. The minimum absolute atomic E-state index is 0.394. The van der Waals surface area contributed by atoms with Crippen molar-refractivity contribution in [3.63, 3.8) is 0 Å². The smallest absolute Gasteiger partial charge is 0.120 e. The average molecular weight is 178 g/mol. The minimum Gasteiger partial charge on any atom is -0.303 e. The predicted octanol–water partition coefficient (Wildman–Crippen LogP) is 2.06. The average Bonchev–Trinajstić information content (AvgIpc) is 2.59. The van der Waals surface area contributed by atoms with Crippen LogP contribution in [-0.4, -0.2) is 12.6 Å². The molecule has 2 nitrogen and oxygen atoms in total. The zero-order valence-electron chi connectivity index (χ0n) is 7.61. The Balaban J connectivity index is 2.36. The van der Waals surface area contributed by atoms with Crippen molar-refractivity contribution >= 4 is 12.6 Å². The molecular weight excluding hydrogens is 164 g/mol. The standard InChI is InChI=1S/C11H14O2/c12-8-2-6-10-4-1-5-11(10)7-3-9-13/h1,4-5,8-10H,2-3,6-7H2. The predicted molar refractivity (Wildman–Crippen MR) is 51.3 cm³/mol. The molecule has 0 amide bonds. The van der Waals surface area contributed by atoms with Crippen molar-refractivity contribution in [2.75, 3.05) is 0 Å². The Labute approximate surface area is 78.3 Å². The van der Waals surface area contributed by atoms with E-state index in [1.807, 2.05) is 6.08 Å². The number of aldehydes is 2. The molecule has 0 aromatic carbocycles. The maximum absolute atomic E-state index is 10.2. The highest BCUT2D eigenvalue weighted by Gasteiger charge is 2.13. The highest BCUT2D eigenvalue weighted by atomic mass is 16.1.